The lowest BCUT2D eigenvalue weighted by Gasteiger charge is -2.23. The molecule has 0 aliphatic rings. The van der Waals surface area contributed by atoms with E-state index in [-0.39, 0.29) is 5.48 Å². The summed E-state index contributed by atoms with van der Waals surface area (Å²) >= 11 is 0. The van der Waals surface area contributed by atoms with Gasteiger partial charge in [-0.2, -0.15) is 13.7 Å². The average molecular weight is 415 g/mol. The van der Waals surface area contributed by atoms with E-state index in [4.69, 9.17) is 22.4 Å². The van der Waals surface area contributed by atoms with E-state index in [1.165, 1.54) is 25.5 Å². The lowest BCUT2D eigenvalue weighted by molar-refractivity contribution is -0.117. The minimum atomic E-state index is -4.08. The molecule has 152 valence electrons. The smallest absolute Gasteiger partial charge is 0.412 e. The molecule has 4 N–H and O–H groups in total. The molecule has 0 saturated heterocycles. The van der Waals surface area contributed by atoms with Crippen LogP contribution in [0.1, 0.15) is 27.7 Å². The second-order valence-corrected chi connectivity index (χ2v) is 6.91. The Morgan fingerprint density at radius 2 is 1.54 bits per heavy atom. The van der Waals surface area contributed by atoms with Gasteiger partial charge in [-0.3, -0.25) is 9.35 Å². The number of nitrogens with one attached hydrogen (secondary N) is 1. The number of allylic oxidation sites excluding steroid dienone is 2. The van der Waals surface area contributed by atoms with Gasteiger partial charge >= 0.3 is 10.6 Å². The van der Waals surface area contributed by atoms with Crippen LogP contribution in [0.5, 0.6) is 0 Å². The molecule has 1 amide bonds. The maximum Gasteiger partial charge on any atom is 0.425 e. The molecule has 26 heavy (non-hydrogen) atoms. The maximum atomic E-state index is 10.8. The Morgan fingerprint density at radius 3 is 1.69 bits per heavy atom. The van der Waals surface area contributed by atoms with Crippen molar-refractivity contribution in [2.45, 2.75) is 33.2 Å². The first-order chi connectivity index (χ1) is 11.0. The van der Waals surface area contributed by atoms with Crippen LogP contribution in [0.25, 0.3) is 0 Å². The summed E-state index contributed by atoms with van der Waals surface area (Å²) in [6, 6.07) is 1.69. The monoisotopic (exact) mass is 414 g/mol. The number of carbonyl (C=O) groups is 1. The third-order valence-corrected chi connectivity index (χ3v) is 2.37. The van der Waals surface area contributed by atoms with Gasteiger partial charge in [0, 0.05) is 6.08 Å². The summed E-state index contributed by atoms with van der Waals surface area (Å²) in [7, 11) is -7.20. The van der Waals surface area contributed by atoms with Gasteiger partial charge in [0.15, 0.2) is 0 Å². The van der Waals surface area contributed by atoms with E-state index in [1.807, 2.05) is 13.8 Å². The summed E-state index contributed by atoms with van der Waals surface area (Å²) in [4.78, 5) is 10.8. The molecule has 0 aliphatic heterocycles. The van der Waals surface area contributed by atoms with Gasteiger partial charge in [-0.15, -0.1) is 19.2 Å². The molecule has 0 rings (SSSR count). The van der Waals surface area contributed by atoms with Crippen LogP contribution < -0.4 is 5.32 Å². The molecule has 0 spiro atoms. The molecule has 0 saturated carbocycles. The van der Waals surface area contributed by atoms with Crippen LogP contribution >= 0.6 is 0 Å². The predicted octanol–water partition coefficient (Wildman–Crippen LogP) is 0.405. The summed E-state index contributed by atoms with van der Waals surface area (Å²) in [5.41, 5.74) is 0.166. The first kappa shape index (κ1) is 34.9. The van der Waals surface area contributed by atoms with E-state index in [2.05, 4.69) is 25.1 Å². The second kappa shape index (κ2) is 19.0. The zero-order chi connectivity index (χ0) is 21.3. The first-order valence-electron chi connectivity index (χ1n) is 6.33. The molecule has 0 aliphatic carbocycles. The Morgan fingerprint density at radius 1 is 1.27 bits per heavy atom. The molecule has 0 aromatic heterocycles. The van der Waals surface area contributed by atoms with E-state index in [0.29, 0.717) is 0 Å². The number of nitriles is 1. The lowest BCUT2D eigenvalue weighted by Crippen LogP contribution is -2.47. The van der Waals surface area contributed by atoms with Gasteiger partial charge in [-0.1, -0.05) is 18.7 Å². The molecule has 10 nitrogen and oxygen atoms in total. The van der Waals surface area contributed by atoms with Crippen LogP contribution in [0.3, 0.4) is 0 Å². The van der Waals surface area contributed by atoms with Crippen LogP contribution in [0.4, 0.5) is 0 Å². The van der Waals surface area contributed by atoms with E-state index in [9.17, 15) is 13.2 Å². The van der Waals surface area contributed by atoms with Crippen molar-refractivity contribution in [3.05, 3.63) is 37.5 Å². The van der Waals surface area contributed by atoms with E-state index in [1.54, 1.807) is 6.07 Å². The second-order valence-electron chi connectivity index (χ2n) is 5.05. The van der Waals surface area contributed by atoms with Crippen molar-refractivity contribution in [3.63, 3.8) is 0 Å². The number of nitrogens with zero attached hydrogens (tertiary/aromatic N) is 1. The van der Waals surface area contributed by atoms with E-state index in [0.717, 1.165) is 6.08 Å². The van der Waals surface area contributed by atoms with Crippen molar-refractivity contribution in [1.29, 1.82) is 5.26 Å². The van der Waals surface area contributed by atoms with Crippen LogP contribution in [0, 0.1) is 11.3 Å². The molecule has 0 aromatic rings. The van der Waals surface area contributed by atoms with Gasteiger partial charge in [-0.05, 0) is 33.8 Å². The molecular weight excluding hydrogens is 388 g/mol. The normalized spacial score (nSPS) is 8.62. The SMILES string of the molecule is C=C(C)C.C=CC#N.C=CC(=O)NC(C)(C)CS(=O)(=O)O.O.O=S(=O)=O. The molecule has 0 bridgehead atoms. The standard InChI is InChI=1S/C7H13NO4S.C4H8.C3H3N.O3S.H2O/c1-4-6(9)8-7(2,3)5-13(10,11)12;1-4(2)3;1-2-3-4;1-4(2)3;/h4H,1,5H2,2-3H3,(H,8,9)(H,10,11,12);1H2,2-3H3;2H,1H2;;1H2. The minimum Gasteiger partial charge on any atom is -0.412 e. The highest BCUT2D eigenvalue weighted by Gasteiger charge is 2.25. The highest BCUT2D eigenvalue weighted by Crippen LogP contribution is 2.05. The van der Waals surface area contributed by atoms with Gasteiger partial charge in [-0.25, -0.2) is 0 Å². The Kier molecular flexibility index (Phi) is 25.5. The quantitative estimate of drug-likeness (QED) is 0.286. The van der Waals surface area contributed by atoms with E-state index < -0.39 is 37.9 Å². The topological polar surface area (TPSA) is 190 Å². The molecule has 0 heterocycles. The lowest BCUT2D eigenvalue weighted by atomic mass is 10.1. The van der Waals surface area contributed by atoms with Gasteiger partial charge in [0.25, 0.3) is 10.1 Å². The number of carbonyl (C=O) groups excluding carboxylic acids is 1. The summed E-state index contributed by atoms with van der Waals surface area (Å²) in [6.07, 6.45) is 2.21. The maximum absolute atomic E-state index is 10.8. The van der Waals surface area contributed by atoms with Gasteiger partial charge in [0.05, 0.1) is 17.4 Å². The van der Waals surface area contributed by atoms with Crippen molar-refractivity contribution in [2.75, 3.05) is 5.75 Å². The Balaban J connectivity index is -0.0000000933. The molecular formula is C14H26N2O8S2. The van der Waals surface area contributed by atoms with Crippen LogP contribution in [-0.2, 0) is 25.5 Å². The van der Waals surface area contributed by atoms with Crippen molar-refractivity contribution in [1.82, 2.24) is 5.32 Å². The summed E-state index contributed by atoms with van der Waals surface area (Å²) in [5.74, 6) is -1.01. The molecule has 12 heteroatoms. The molecule has 0 atom stereocenters. The largest absolute Gasteiger partial charge is 0.425 e. The van der Waals surface area contributed by atoms with Crippen LogP contribution in [0.15, 0.2) is 37.5 Å². The Labute approximate surface area is 156 Å². The Hall–Kier alpha value is -2.33. The van der Waals surface area contributed by atoms with Crippen molar-refractivity contribution < 1.29 is 35.9 Å². The molecule has 0 fully saturated rings. The molecule has 0 radical (unpaired) electrons. The number of rotatable bonds is 4. The summed E-state index contributed by atoms with van der Waals surface area (Å²) in [5, 5.41) is 9.87. The van der Waals surface area contributed by atoms with Crippen molar-refractivity contribution in [3.8, 4) is 6.07 Å². The summed E-state index contributed by atoms with van der Waals surface area (Å²) < 4.78 is 54.9. The third-order valence-electron chi connectivity index (χ3n) is 1.28. The van der Waals surface area contributed by atoms with Crippen LogP contribution in [0.2, 0.25) is 0 Å². The van der Waals surface area contributed by atoms with Crippen molar-refractivity contribution in [2.24, 2.45) is 0 Å². The molecule has 0 aromatic carbocycles. The van der Waals surface area contributed by atoms with Gasteiger partial charge in [0.2, 0.25) is 5.91 Å². The van der Waals surface area contributed by atoms with Crippen molar-refractivity contribution >= 4 is 26.6 Å². The Bertz CT molecular complexity index is 676. The zero-order valence-corrected chi connectivity index (χ0v) is 16.8. The highest BCUT2D eigenvalue weighted by molar-refractivity contribution is 7.85. The fourth-order valence-corrected chi connectivity index (χ4v) is 1.86. The van der Waals surface area contributed by atoms with Gasteiger partial charge in [0.1, 0.15) is 0 Å². The number of hydrogen-bond acceptors (Lipinski definition) is 7. The zero-order valence-electron chi connectivity index (χ0n) is 15.1. The van der Waals surface area contributed by atoms with Crippen LogP contribution in [-0.4, -0.2) is 48.3 Å². The predicted molar refractivity (Wildman–Crippen MR) is 98.4 cm³/mol. The average Bonchev–Trinajstić information content (AvgIpc) is 2.34. The fourth-order valence-electron chi connectivity index (χ4n) is 0.877. The first-order valence-corrected chi connectivity index (χ1v) is 8.94. The third kappa shape index (κ3) is 68.0. The van der Waals surface area contributed by atoms with E-state index >= 15 is 0 Å². The number of amides is 1. The minimum absolute atomic E-state index is 0. The highest BCUT2D eigenvalue weighted by atomic mass is 32.2. The molecule has 0 unspecified atom stereocenters. The fraction of sp³-hybridized carbons (Fsp3) is 0.429. The summed E-state index contributed by atoms with van der Waals surface area (Å²) in [6.45, 7) is 16.8. The number of hydrogen-bond donors (Lipinski definition) is 2. The van der Waals surface area contributed by atoms with Gasteiger partial charge < -0.3 is 10.8 Å².